The number of hydrogen-bond donors (Lipinski definition) is 1. The van der Waals surface area contributed by atoms with E-state index < -0.39 is 0 Å². The molecule has 1 N–H and O–H groups in total. The van der Waals surface area contributed by atoms with Gasteiger partial charge in [-0.2, -0.15) is 5.10 Å². The number of aliphatic imine (C=N–C) groups is 1. The van der Waals surface area contributed by atoms with Crippen molar-refractivity contribution < 1.29 is 0 Å². The lowest BCUT2D eigenvalue weighted by atomic mass is 10.1. The second-order valence-corrected chi connectivity index (χ2v) is 9.21. The molecule has 0 aliphatic carbocycles. The fourth-order valence-electron chi connectivity index (χ4n) is 4.33. The number of nitrogens with zero attached hydrogens (tertiary/aromatic N) is 5. The van der Waals surface area contributed by atoms with Crippen LogP contribution in [0.15, 0.2) is 81.6 Å². The molecular weight excluding hydrogens is 444 g/mol. The van der Waals surface area contributed by atoms with E-state index in [-0.39, 0.29) is 5.56 Å². The van der Waals surface area contributed by atoms with E-state index in [0.717, 1.165) is 39.7 Å². The van der Waals surface area contributed by atoms with Crippen molar-refractivity contribution in [3.63, 3.8) is 0 Å². The van der Waals surface area contributed by atoms with Gasteiger partial charge in [-0.1, -0.05) is 48.2 Å². The lowest BCUT2D eigenvalue weighted by Gasteiger charge is -2.15. The number of aryl methyl sites for hydroxylation is 1. The molecule has 1 aliphatic heterocycles. The van der Waals surface area contributed by atoms with E-state index in [2.05, 4.69) is 52.1 Å². The summed E-state index contributed by atoms with van der Waals surface area (Å²) >= 11 is 1.55. The molecule has 0 fully saturated rings. The van der Waals surface area contributed by atoms with Crippen LogP contribution in [0.1, 0.15) is 22.6 Å². The van der Waals surface area contributed by atoms with Crippen molar-refractivity contribution in [2.24, 2.45) is 17.1 Å². The molecule has 2 aromatic heterocycles. The van der Waals surface area contributed by atoms with Crippen molar-refractivity contribution >= 4 is 28.3 Å². The van der Waals surface area contributed by atoms with Gasteiger partial charge in [-0.3, -0.25) is 14.9 Å². The summed E-state index contributed by atoms with van der Waals surface area (Å²) in [5.74, 6) is 0.670. The van der Waals surface area contributed by atoms with Gasteiger partial charge in [0.25, 0.3) is 5.56 Å². The van der Waals surface area contributed by atoms with Crippen LogP contribution in [-0.4, -0.2) is 30.6 Å². The molecule has 0 atom stereocenters. The third kappa shape index (κ3) is 3.80. The molecule has 34 heavy (non-hydrogen) atoms. The first kappa shape index (κ1) is 22.0. The normalized spacial score (nSPS) is 14.8. The van der Waals surface area contributed by atoms with Crippen LogP contribution in [-0.2, 0) is 7.05 Å². The van der Waals surface area contributed by atoms with E-state index >= 15 is 0 Å². The summed E-state index contributed by atoms with van der Waals surface area (Å²) in [4.78, 5) is 17.8. The monoisotopic (exact) mass is 470 g/mol. The molecule has 1 aliphatic rings. The molecule has 4 aromatic rings. The Morgan fingerprint density at radius 1 is 0.941 bits per heavy atom. The van der Waals surface area contributed by atoms with Crippen LogP contribution >= 0.6 is 11.8 Å². The smallest absolute Gasteiger partial charge is 0.297 e. The van der Waals surface area contributed by atoms with Crippen LogP contribution in [0.3, 0.4) is 0 Å². The Bertz CT molecular complexity index is 1480. The quantitative estimate of drug-likeness (QED) is 0.473. The summed E-state index contributed by atoms with van der Waals surface area (Å²) in [5, 5.41) is 5.24. The highest BCUT2D eigenvalue weighted by molar-refractivity contribution is 8.14. The Morgan fingerprint density at radius 3 is 2.21 bits per heavy atom. The van der Waals surface area contributed by atoms with Crippen molar-refractivity contribution in [1.82, 2.24) is 19.4 Å². The molecule has 0 saturated heterocycles. The predicted octanol–water partition coefficient (Wildman–Crippen LogP) is 4.62. The predicted molar refractivity (Wildman–Crippen MR) is 140 cm³/mol. The third-order valence-corrected chi connectivity index (χ3v) is 7.00. The molecule has 3 heterocycles. The van der Waals surface area contributed by atoms with E-state index in [0.29, 0.717) is 16.6 Å². The average molecular weight is 471 g/mol. The Balaban J connectivity index is 1.44. The van der Waals surface area contributed by atoms with E-state index in [1.165, 1.54) is 0 Å². The van der Waals surface area contributed by atoms with Crippen LogP contribution in [0.25, 0.3) is 11.4 Å². The Labute approximate surface area is 202 Å². The maximum atomic E-state index is 13.1. The number of aromatic nitrogens is 3. The van der Waals surface area contributed by atoms with Crippen LogP contribution < -0.4 is 11.0 Å². The highest BCUT2D eigenvalue weighted by Gasteiger charge is 2.21. The first-order chi connectivity index (χ1) is 16.5. The number of para-hydroxylation sites is 2. The summed E-state index contributed by atoms with van der Waals surface area (Å²) < 4.78 is 5.71. The minimum absolute atomic E-state index is 0.151. The second-order valence-electron chi connectivity index (χ2n) is 8.24. The van der Waals surface area contributed by atoms with Gasteiger partial charge in [-0.05, 0) is 51.1 Å². The first-order valence-corrected chi connectivity index (χ1v) is 12.1. The van der Waals surface area contributed by atoms with Crippen molar-refractivity contribution in [1.29, 1.82) is 0 Å². The van der Waals surface area contributed by atoms with Crippen LogP contribution in [0, 0.1) is 20.8 Å². The third-order valence-electron chi connectivity index (χ3n) is 6.13. The molecular formula is C26H26N6OS. The molecule has 0 bridgehead atoms. The summed E-state index contributed by atoms with van der Waals surface area (Å²) in [6, 6.07) is 22.1. The summed E-state index contributed by atoms with van der Waals surface area (Å²) in [6.07, 6.45) is 0. The number of amidine groups is 1. The number of benzene rings is 2. The Kier molecular flexibility index (Phi) is 5.75. The Hall–Kier alpha value is -3.78. The van der Waals surface area contributed by atoms with E-state index in [4.69, 9.17) is 0 Å². The minimum atomic E-state index is -0.151. The molecule has 8 heteroatoms. The van der Waals surface area contributed by atoms with Gasteiger partial charge in [-0.15, -0.1) is 0 Å². The maximum absolute atomic E-state index is 13.1. The largest absolute Gasteiger partial charge is 0.318 e. The van der Waals surface area contributed by atoms with Gasteiger partial charge in [0, 0.05) is 35.4 Å². The zero-order chi connectivity index (χ0) is 23.8. The van der Waals surface area contributed by atoms with Crippen LogP contribution in [0.4, 0.5) is 5.69 Å². The molecule has 0 spiro atoms. The summed E-state index contributed by atoms with van der Waals surface area (Å²) in [5.41, 5.74) is 10.5. The van der Waals surface area contributed by atoms with Crippen molar-refractivity contribution in [2.45, 2.75) is 20.8 Å². The van der Waals surface area contributed by atoms with Gasteiger partial charge in [0.15, 0.2) is 10.9 Å². The first-order valence-electron chi connectivity index (χ1n) is 11.1. The lowest BCUT2D eigenvalue weighted by Crippen LogP contribution is -2.26. The highest BCUT2D eigenvalue weighted by atomic mass is 32.2. The van der Waals surface area contributed by atoms with E-state index in [1.54, 1.807) is 16.4 Å². The number of rotatable bonds is 4. The van der Waals surface area contributed by atoms with Gasteiger partial charge >= 0.3 is 0 Å². The molecule has 0 radical (unpaired) electrons. The van der Waals surface area contributed by atoms with Crippen molar-refractivity contribution in [2.75, 3.05) is 5.75 Å². The molecule has 0 unspecified atom stereocenters. The molecule has 2 aromatic carbocycles. The number of thioether (sulfide) groups is 1. The molecule has 0 amide bonds. The number of nitrogens with one attached hydrogen (secondary N) is 1. The van der Waals surface area contributed by atoms with Gasteiger partial charge in [-0.25, -0.2) is 9.67 Å². The lowest BCUT2D eigenvalue weighted by molar-refractivity contribution is 0.630. The summed E-state index contributed by atoms with van der Waals surface area (Å²) in [6.45, 7) is 6.13. The SMILES string of the molecule is Cc1cc(C2=NNC(=Nc3c(C)n(C)n(-c4ccccc4)c3=O)SC2)c(C)n1-c1ccccc1. The van der Waals surface area contributed by atoms with Gasteiger partial charge in [0.1, 0.15) is 0 Å². The molecule has 7 nitrogen and oxygen atoms in total. The molecule has 172 valence electrons. The van der Waals surface area contributed by atoms with Crippen molar-refractivity contribution in [3.05, 3.63) is 99.7 Å². The number of hydrogen-bond acceptors (Lipinski definition) is 4. The summed E-state index contributed by atoms with van der Waals surface area (Å²) in [7, 11) is 1.87. The number of hydrazone groups is 1. The molecule has 5 rings (SSSR count). The van der Waals surface area contributed by atoms with Gasteiger partial charge in [0.2, 0.25) is 0 Å². The van der Waals surface area contributed by atoms with Crippen molar-refractivity contribution in [3.8, 4) is 11.4 Å². The fraction of sp³-hybridized carbons (Fsp3) is 0.192. The van der Waals surface area contributed by atoms with E-state index in [1.807, 2.05) is 67.2 Å². The zero-order valence-corrected chi connectivity index (χ0v) is 20.4. The molecule has 0 saturated carbocycles. The maximum Gasteiger partial charge on any atom is 0.297 e. The standard InChI is InChI=1S/C26H26N6OS/c1-17-15-22(18(2)31(17)20-11-7-5-8-12-20)23-16-34-26(29-28-23)27-24-19(3)30(4)32(25(24)33)21-13-9-6-10-14-21/h5-15H,16H2,1-4H3,(H,27,29). The topological polar surface area (TPSA) is 68.6 Å². The zero-order valence-electron chi connectivity index (χ0n) is 19.6. The highest BCUT2D eigenvalue weighted by Crippen LogP contribution is 2.25. The second kappa shape index (κ2) is 8.87. The minimum Gasteiger partial charge on any atom is -0.318 e. The Morgan fingerprint density at radius 2 is 1.59 bits per heavy atom. The van der Waals surface area contributed by atoms with Crippen LogP contribution in [0.2, 0.25) is 0 Å². The fourth-order valence-corrected chi connectivity index (χ4v) is 5.09. The van der Waals surface area contributed by atoms with Gasteiger partial charge in [0.05, 0.1) is 17.1 Å². The average Bonchev–Trinajstić information content (AvgIpc) is 3.27. The van der Waals surface area contributed by atoms with Gasteiger partial charge < -0.3 is 4.57 Å². The van der Waals surface area contributed by atoms with E-state index in [9.17, 15) is 4.79 Å². The van der Waals surface area contributed by atoms with Crippen LogP contribution in [0.5, 0.6) is 0 Å².